The number of esters is 1. The number of aryl methyl sites for hydroxylation is 1. The van der Waals surface area contributed by atoms with Crippen molar-refractivity contribution >= 4 is 16.7 Å². The van der Waals surface area contributed by atoms with Crippen molar-refractivity contribution in [1.82, 2.24) is 4.90 Å². The fraction of sp³-hybridized carbons (Fsp3) is 0.400. The number of carbonyl (C=O) groups is 1. The molecule has 0 aliphatic heterocycles. The summed E-state index contributed by atoms with van der Waals surface area (Å²) >= 11 is 0. The van der Waals surface area contributed by atoms with Crippen molar-refractivity contribution in [2.75, 3.05) is 26.8 Å². The van der Waals surface area contributed by atoms with Gasteiger partial charge in [0.2, 0.25) is 0 Å². The number of hydrogen-bond acceptors (Lipinski definition) is 6. The van der Waals surface area contributed by atoms with Gasteiger partial charge in [-0.05, 0) is 74.2 Å². The SMILES string of the molecule is CCOC(=O)CCCc1ccc(OC[C@H](O)CN(C)C(C)Cc2ccc3ccccc3c2)c(C#N)c1. The number of benzene rings is 3. The van der Waals surface area contributed by atoms with Gasteiger partial charge >= 0.3 is 5.97 Å². The molecule has 3 rings (SSSR count). The van der Waals surface area contributed by atoms with E-state index in [1.54, 1.807) is 19.1 Å². The number of rotatable bonds is 13. The molecule has 1 N–H and O–H groups in total. The molecule has 0 radical (unpaired) electrons. The first kappa shape index (κ1) is 27.2. The highest BCUT2D eigenvalue weighted by molar-refractivity contribution is 5.83. The van der Waals surface area contributed by atoms with Crippen LogP contribution in [0.3, 0.4) is 0 Å². The summed E-state index contributed by atoms with van der Waals surface area (Å²) in [5.41, 5.74) is 2.65. The lowest BCUT2D eigenvalue weighted by Gasteiger charge is -2.27. The molecule has 6 heteroatoms. The fourth-order valence-corrected chi connectivity index (χ4v) is 4.23. The maximum atomic E-state index is 11.5. The highest BCUT2D eigenvalue weighted by atomic mass is 16.5. The lowest BCUT2D eigenvalue weighted by Crippen LogP contribution is -2.39. The minimum absolute atomic E-state index is 0.101. The Morgan fingerprint density at radius 2 is 1.83 bits per heavy atom. The van der Waals surface area contributed by atoms with Gasteiger partial charge in [0, 0.05) is 19.0 Å². The van der Waals surface area contributed by atoms with Gasteiger partial charge in [0.15, 0.2) is 0 Å². The second-order valence-corrected chi connectivity index (χ2v) is 9.24. The highest BCUT2D eigenvalue weighted by Crippen LogP contribution is 2.21. The van der Waals surface area contributed by atoms with Crippen molar-refractivity contribution < 1.29 is 19.4 Å². The van der Waals surface area contributed by atoms with E-state index < -0.39 is 6.10 Å². The van der Waals surface area contributed by atoms with E-state index in [1.807, 2.05) is 19.2 Å². The molecule has 0 fully saturated rings. The molecular weight excluding hydrogens is 452 g/mol. The van der Waals surface area contributed by atoms with Crippen LogP contribution in [0.4, 0.5) is 0 Å². The minimum Gasteiger partial charge on any atom is -0.489 e. The number of aliphatic hydroxyl groups is 1. The molecule has 0 aliphatic rings. The molecule has 0 bridgehead atoms. The predicted molar refractivity (Wildman–Crippen MR) is 142 cm³/mol. The van der Waals surface area contributed by atoms with Crippen LogP contribution in [-0.2, 0) is 22.4 Å². The summed E-state index contributed by atoms with van der Waals surface area (Å²) in [5, 5.41) is 22.6. The average molecular weight is 489 g/mol. The normalized spacial score (nSPS) is 12.8. The van der Waals surface area contributed by atoms with Crippen LogP contribution in [0.15, 0.2) is 60.7 Å². The first-order chi connectivity index (χ1) is 17.4. The van der Waals surface area contributed by atoms with Crippen LogP contribution in [0.2, 0.25) is 0 Å². The molecule has 3 aromatic rings. The third kappa shape index (κ3) is 8.08. The van der Waals surface area contributed by atoms with Crippen molar-refractivity contribution in [2.24, 2.45) is 0 Å². The fourth-order valence-electron chi connectivity index (χ4n) is 4.23. The van der Waals surface area contributed by atoms with Gasteiger partial charge in [0.05, 0.1) is 12.2 Å². The van der Waals surface area contributed by atoms with Crippen LogP contribution in [0, 0.1) is 11.3 Å². The number of nitriles is 1. The Morgan fingerprint density at radius 3 is 2.58 bits per heavy atom. The molecule has 2 atom stereocenters. The number of ether oxygens (including phenoxy) is 2. The van der Waals surface area contributed by atoms with Crippen molar-refractivity contribution in [3.8, 4) is 11.8 Å². The summed E-state index contributed by atoms with van der Waals surface area (Å²) in [6.07, 6.45) is 1.88. The van der Waals surface area contributed by atoms with Gasteiger partial charge < -0.3 is 19.5 Å². The van der Waals surface area contributed by atoms with Crippen LogP contribution in [0.25, 0.3) is 10.8 Å². The first-order valence-corrected chi connectivity index (χ1v) is 12.6. The lowest BCUT2D eigenvalue weighted by atomic mass is 10.0. The summed E-state index contributed by atoms with van der Waals surface area (Å²) in [6, 6.07) is 22.7. The number of nitrogens with zero attached hydrogens (tertiary/aromatic N) is 2. The molecule has 1 unspecified atom stereocenters. The quantitative estimate of drug-likeness (QED) is 0.345. The topological polar surface area (TPSA) is 82.8 Å². The third-order valence-corrected chi connectivity index (χ3v) is 6.34. The second-order valence-electron chi connectivity index (χ2n) is 9.24. The van der Waals surface area contributed by atoms with Crippen LogP contribution in [-0.4, -0.2) is 54.9 Å². The zero-order chi connectivity index (χ0) is 25.9. The Hall–Kier alpha value is -3.40. The largest absolute Gasteiger partial charge is 0.489 e. The van der Waals surface area contributed by atoms with E-state index in [-0.39, 0.29) is 18.6 Å². The molecule has 0 spiro atoms. The number of aliphatic hydroxyl groups excluding tert-OH is 1. The van der Waals surface area contributed by atoms with E-state index in [0.717, 1.165) is 12.0 Å². The number of likely N-dealkylation sites (N-methyl/N-ethyl adjacent to an activating group) is 1. The smallest absolute Gasteiger partial charge is 0.305 e. The number of carbonyl (C=O) groups excluding carboxylic acids is 1. The molecule has 0 amide bonds. The average Bonchev–Trinajstić information content (AvgIpc) is 2.87. The summed E-state index contributed by atoms with van der Waals surface area (Å²) in [6.45, 7) is 4.88. The Kier molecular flexibility index (Phi) is 10.3. The van der Waals surface area contributed by atoms with E-state index in [0.29, 0.717) is 43.7 Å². The summed E-state index contributed by atoms with van der Waals surface area (Å²) in [5.74, 6) is 0.251. The summed E-state index contributed by atoms with van der Waals surface area (Å²) < 4.78 is 10.7. The second kappa shape index (κ2) is 13.6. The van der Waals surface area contributed by atoms with Crippen LogP contribution < -0.4 is 4.74 Å². The van der Waals surface area contributed by atoms with E-state index in [1.165, 1.54) is 16.3 Å². The highest BCUT2D eigenvalue weighted by Gasteiger charge is 2.16. The van der Waals surface area contributed by atoms with Gasteiger partial charge in [0.25, 0.3) is 0 Å². The minimum atomic E-state index is -0.690. The predicted octanol–water partition coefficient (Wildman–Crippen LogP) is 4.90. The molecule has 36 heavy (non-hydrogen) atoms. The van der Waals surface area contributed by atoms with Crippen LogP contribution >= 0.6 is 0 Å². The molecule has 0 heterocycles. The van der Waals surface area contributed by atoms with Gasteiger partial charge in [0.1, 0.15) is 24.5 Å². The first-order valence-electron chi connectivity index (χ1n) is 12.6. The number of fused-ring (bicyclic) bond motifs is 1. The summed E-state index contributed by atoms with van der Waals surface area (Å²) in [4.78, 5) is 13.6. The Labute approximate surface area is 214 Å². The third-order valence-electron chi connectivity index (χ3n) is 6.34. The molecule has 190 valence electrons. The Balaban J connectivity index is 1.47. The van der Waals surface area contributed by atoms with Crippen molar-refractivity contribution in [3.63, 3.8) is 0 Å². The van der Waals surface area contributed by atoms with E-state index in [4.69, 9.17) is 9.47 Å². The molecule has 0 aromatic heterocycles. The lowest BCUT2D eigenvalue weighted by molar-refractivity contribution is -0.143. The molecule has 6 nitrogen and oxygen atoms in total. The van der Waals surface area contributed by atoms with E-state index >= 15 is 0 Å². The van der Waals surface area contributed by atoms with E-state index in [9.17, 15) is 15.2 Å². The van der Waals surface area contributed by atoms with Gasteiger partial charge in [-0.1, -0.05) is 48.5 Å². The van der Waals surface area contributed by atoms with Crippen LogP contribution in [0.5, 0.6) is 5.75 Å². The van der Waals surface area contributed by atoms with Crippen molar-refractivity contribution in [1.29, 1.82) is 5.26 Å². The van der Waals surface area contributed by atoms with Crippen molar-refractivity contribution in [2.45, 2.75) is 51.7 Å². The van der Waals surface area contributed by atoms with E-state index in [2.05, 4.69) is 54.3 Å². The van der Waals surface area contributed by atoms with Gasteiger partial charge in [-0.25, -0.2) is 0 Å². The summed E-state index contributed by atoms with van der Waals surface area (Å²) in [7, 11) is 2.00. The molecule has 0 aliphatic carbocycles. The maximum absolute atomic E-state index is 11.5. The monoisotopic (exact) mass is 488 g/mol. The molecule has 0 saturated carbocycles. The Bertz CT molecular complexity index is 1190. The molecule has 3 aromatic carbocycles. The molecular formula is C30H36N2O4. The maximum Gasteiger partial charge on any atom is 0.305 e. The Morgan fingerprint density at radius 1 is 1.08 bits per heavy atom. The van der Waals surface area contributed by atoms with Gasteiger partial charge in [-0.2, -0.15) is 5.26 Å². The molecule has 0 saturated heterocycles. The van der Waals surface area contributed by atoms with Gasteiger partial charge in [-0.15, -0.1) is 0 Å². The zero-order valence-corrected chi connectivity index (χ0v) is 21.4. The zero-order valence-electron chi connectivity index (χ0n) is 21.4. The van der Waals surface area contributed by atoms with Crippen molar-refractivity contribution in [3.05, 3.63) is 77.4 Å². The van der Waals surface area contributed by atoms with Crippen LogP contribution in [0.1, 0.15) is 43.4 Å². The van der Waals surface area contributed by atoms with Gasteiger partial charge in [-0.3, -0.25) is 4.79 Å². The standard InChI is InChI=1S/C30H36N2O4/c1-4-35-30(34)11-7-8-23-13-15-29(27(17-23)19-31)36-21-28(33)20-32(3)22(2)16-24-12-14-25-9-5-6-10-26(25)18-24/h5-6,9-10,12-15,17-18,22,28,33H,4,7-8,11,16,20-21H2,1-3H3/t22?,28-/m1/s1. The number of hydrogen-bond donors (Lipinski definition) is 1.